The second kappa shape index (κ2) is 24.1. The predicted molar refractivity (Wildman–Crippen MR) is 150 cm³/mol. The predicted octanol–water partition coefficient (Wildman–Crippen LogP) is 8.54. The van der Waals surface area contributed by atoms with Gasteiger partial charge >= 0.3 is 5.09 Å². The Kier molecular flexibility index (Phi) is 22.8. The standard InChI is InChI=1S/C28H56N3O7/c1-5-9-11-13-15-17-19-23-27(25(21-7-3)29(32)33)37-31(36)38-28(26(22-8-4)30(34)35)24-20-18-16-14-12-10-6-2/h25-28H,5-24H2,1-4H3/q+1. The first-order valence-corrected chi connectivity index (χ1v) is 15.4. The van der Waals surface area contributed by atoms with Crippen LogP contribution in [0.2, 0.25) is 0 Å². The molecule has 4 atom stereocenters. The van der Waals surface area contributed by atoms with Crippen LogP contribution < -0.4 is 0 Å². The Morgan fingerprint density at radius 2 is 0.789 bits per heavy atom. The van der Waals surface area contributed by atoms with E-state index in [-0.39, 0.29) is 27.8 Å². The molecule has 224 valence electrons. The summed E-state index contributed by atoms with van der Waals surface area (Å²) in [6.45, 7) is 8.05. The number of unbranched alkanes of at least 4 members (excludes halogenated alkanes) is 12. The zero-order chi connectivity index (χ0) is 28.6. The van der Waals surface area contributed by atoms with E-state index in [1.54, 1.807) is 0 Å². The van der Waals surface area contributed by atoms with Crippen molar-refractivity contribution in [1.82, 2.24) is 0 Å². The highest BCUT2D eigenvalue weighted by atomic mass is 17.0. The SMILES string of the molecule is CCCCCCCCCC(O[N+](=O)OC(CCCCCCCCC)C(CCC)[N+](=O)[O-])C(CCC)[N+](=O)[O-]. The maximum atomic E-state index is 12.8. The molecule has 0 aromatic heterocycles. The van der Waals surface area contributed by atoms with Crippen LogP contribution in [-0.4, -0.2) is 39.2 Å². The summed E-state index contributed by atoms with van der Waals surface area (Å²) < 4.78 is 0. The molecule has 0 bridgehead atoms. The first-order valence-electron chi connectivity index (χ1n) is 15.4. The van der Waals surface area contributed by atoms with Gasteiger partial charge in [-0.15, -0.1) is 0 Å². The molecule has 0 saturated heterocycles. The van der Waals surface area contributed by atoms with Crippen LogP contribution in [0.3, 0.4) is 0 Å². The van der Waals surface area contributed by atoms with Crippen molar-refractivity contribution < 1.29 is 24.6 Å². The summed E-state index contributed by atoms with van der Waals surface area (Å²) in [7, 11) is 0. The fourth-order valence-corrected chi connectivity index (χ4v) is 4.93. The summed E-state index contributed by atoms with van der Waals surface area (Å²) in [5, 5.41) is 23.5. The Labute approximate surface area is 230 Å². The molecule has 0 spiro atoms. The van der Waals surface area contributed by atoms with Gasteiger partial charge in [-0.2, -0.15) is 9.68 Å². The molecule has 0 rings (SSSR count). The molecule has 0 aliphatic heterocycles. The lowest BCUT2D eigenvalue weighted by molar-refractivity contribution is -0.997. The van der Waals surface area contributed by atoms with E-state index in [9.17, 15) is 25.1 Å². The Bertz CT molecular complexity index is 571. The number of hydrogen-bond donors (Lipinski definition) is 0. The van der Waals surface area contributed by atoms with E-state index in [0.29, 0.717) is 38.5 Å². The fraction of sp³-hybridized carbons (Fsp3) is 1.00. The van der Waals surface area contributed by atoms with Gasteiger partial charge in [-0.3, -0.25) is 20.2 Å². The maximum absolute atomic E-state index is 12.8. The number of nitro groups is 2. The number of nitrogens with zero attached hydrogens (tertiary/aromatic N) is 3. The summed E-state index contributed by atoms with van der Waals surface area (Å²) in [5.74, 6) is 0. The van der Waals surface area contributed by atoms with Gasteiger partial charge in [0.2, 0.25) is 12.2 Å². The summed E-state index contributed by atoms with van der Waals surface area (Å²) in [4.78, 5) is 46.5. The third-order valence-electron chi connectivity index (χ3n) is 7.20. The topological polar surface area (TPSA) is 125 Å². The van der Waals surface area contributed by atoms with Gasteiger partial charge in [0.05, 0.1) is 0 Å². The molecule has 0 aromatic carbocycles. The Morgan fingerprint density at radius 1 is 0.474 bits per heavy atom. The summed E-state index contributed by atoms with van der Waals surface area (Å²) in [6.07, 6.45) is 15.4. The van der Waals surface area contributed by atoms with Crippen molar-refractivity contribution in [2.75, 3.05) is 0 Å². The first kappa shape index (κ1) is 36.0. The lowest BCUT2D eigenvalue weighted by Gasteiger charge is -2.18. The maximum Gasteiger partial charge on any atom is 0.478 e. The smallest absolute Gasteiger partial charge is 0.264 e. The molecule has 0 aliphatic carbocycles. The van der Waals surface area contributed by atoms with Crippen molar-refractivity contribution in [1.29, 1.82) is 0 Å². The summed E-state index contributed by atoms with van der Waals surface area (Å²) >= 11 is 0. The van der Waals surface area contributed by atoms with Crippen molar-refractivity contribution in [3.63, 3.8) is 0 Å². The van der Waals surface area contributed by atoms with E-state index in [1.807, 2.05) is 13.8 Å². The third-order valence-corrected chi connectivity index (χ3v) is 7.20. The van der Waals surface area contributed by atoms with Gasteiger partial charge in [0.25, 0.3) is 12.1 Å². The summed E-state index contributed by atoms with van der Waals surface area (Å²) in [6, 6.07) is -2.05. The van der Waals surface area contributed by atoms with Crippen LogP contribution in [0.4, 0.5) is 0 Å². The summed E-state index contributed by atoms with van der Waals surface area (Å²) in [5.41, 5.74) is 0. The number of hydrogen-bond acceptors (Lipinski definition) is 7. The molecule has 10 heteroatoms. The molecule has 0 radical (unpaired) electrons. The van der Waals surface area contributed by atoms with Gasteiger partial charge in [-0.1, -0.05) is 105 Å². The van der Waals surface area contributed by atoms with Crippen molar-refractivity contribution in [2.24, 2.45) is 0 Å². The second-order valence-corrected chi connectivity index (χ2v) is 10.6. The van der Waals surface area contributed by atoms with Gasteiger partial charge in [0.15, 0.2) is 0 Å². The van der Waals surface area contributed by atoms with E-state index < -0.39 is 24.3 Å². The van der Waals surface area contributed by atoms with Crippen molar-refractivity contribution in [3.05, 3.63) is 25.1 Å². The molecule has 0 aliphatic rings. The Morgan fingerprint density at radius 3 is 1.08 bits per heavy atom. The molecule has 10 nitrogen and oxygen atoms in total. The van der Waals surface area contributed by atoms with Gasteiger partial charge < -0.3 is 0 Å². The molecule has 0 saturated carbocycles. The normalized spacial score (nSPS) is 14.4. The largest absolute Gasteiger partial charge is 0.478 e. The van der Waals surface area contributed by atoms with Gasteiger partial charge in [-0.05, 0) is 38.5 Å². The van der Waals surface area contributed by atoms with Crippen LogP contribution in [0.25, 0.3) is 0 Å². The van der Waals surface area contributed by atoms with Crippen LogP contribution in [0.15, 0.2) is 0 Å². The molecule has 0 amide bonds. The van der Waals surface area contributed by atoms with Crippen LogP contribution in [0, 0.1) is 25.1 Å². The van der Waals surface area contributed by atoms with E-state index in [1.165, 1.54) is 38.5 Å². The lowest BCUT2D eigenvalue weighted by Crippen LogP contribution is -2.42. The molecule has 0 heterocycles. The van der Waals surface area contributed by atoms with E-state index in [2.05, 4.69) is 13.8 Å². The van der Waals surface area contributed by atoms with E-state index >= 15 is 0 Å². The molecule has 0 N–H and O–H groups in total. The quantitative estimate of drug-likeness (QED) is 0.0546. The Balaban J connectivity index is 5.19. The molecule has 38 heavy (non-hydrogen) atoms. The first-order chi connectivity index (χ1) is 18.3. The highest BCUT2D eigenvalue weighted by Crippen LogP contribution is 2.22. The van der Waals surface area contributed by atoms with Crippen molar-refractivity contribution in [2.45, 2.75) is 180 Å². The molecule has 4 unspecified atom stereocenters. The van der Waals surface area contributed by atoms with Gasteiger partial charge in [-0.25, -0.2) is 0 Å². The third kappa shape index (κ3) is 17.5. The lowest BCUT2D eigenvalue weighted by atomic mass is 9.99. The average molecular weight is 547 g/mol. The van der Waals surface area contributed by atoms with E-state index in [4.69, 9.17) is 9.68 Å². The van der Waals surface area contributed by atoms with Crippen LogP contribution in [0.1, 0.15) is 156 Å². The minimum Gasteiger partial charge on any atom is -0.264 e. The van der Waals surface area contributed by atoms with Crippen LogP contribution >= 0.6 is 0 Å². The highest BCUT2D eigenvalue weighted by Gasteiger charge is 2.42. The van der Waals surface area contributed by atoms with Crippen LogP contribution in [0.5, 0.6) is 0 Å². The minimum absolute atomic E-state index is 0.0594. The zero-order valence-corrected chi connectivity index (χ0v) is 24.7. The number of rotatable bonds is 28. The molecular formula is C28H56N3O7+. The molecule has 0 aromatic rings. The second-order valence-electron chi connectivity index (χ2n) is 10.6. The fourth-order valence-electron chi connectivity index (χ4n) is 4.93. The Hall–Kier alpha value is -2.00. The van der Waals surface area contributed by atoms with E-state index in [0.717, 1.165) is 38.5 Å². The molecule has 0 fully saturated rings. The van der Waals surface area contributed by atoms with Crippen molar-refractivity contribution in [3.8, 4) is 0 Å². The van der Waals surface area contributed by atoms with Gasteiger partial charge in [0.1, 0.15) is 4.91 Å². The molecular weight excluding hydrogens is 490 g/mol. The average Bonchev–Trinajstić information content (AvgIpc) is 2.87. The zero-order valence-electron chi connectivity index (χ0n) is 24.7. The monoisotopic (exact) mass is 546 g/mol. The highest BCUT2D eigenvalue weighted by molar-refractivity contribution is 4.70. The van der Waals surface area contributed by atoms with Crippen LogP contribution in [-0.2, 0) is 9.68 Å². The minimum atomic E-state index is -1.02. The van der Waals surface area contributed by atoms with Gasteiger partial charge in [0, 0.05) is 22.7 Å². The van der Waals surface area contributed by atoms with Crippen molar-refractivity contribution >= 4 is 0 Å².